The quantitative estimate of drug-likeness (QED) is 0.526. The fourth-order valence-corrected chi connectivity index (χ4v) is 1.20. The summed E-state index contributed by atoms with van der Waals surface area (Å²) >= 11 is 0. The van der Waals surface area contributed by atoms with Crippen molar-refractivity contribution in [2.75, 3.05) is 13.1 Å². The molecule has 0 saturated carbocycles. The predicted octanol–water partition coefficient (Wildman–Crippen LogP) is -0.252. The van der Waals surface area contributed by atoms with E-state index < -0.39 is 6.03 Å². The third-order valence-corrected chi connectivity index (χ3v) is 1.86. The van der Waals surface area contributed by atoms with Gasteiger partial charge in [0.1, 0.15) is 6.34 Å². The van der Waals surface area contributed by atoms with E-state index in [-0.39, 0.29) is 0 Å². The number of fused-ring (bicyclic) bond motifs is 1. The molecular weight excluding hydrogens is 156 g/mol. The molecule has 0 aromatic carbocycles. The van der Waals surface area contributed by atoms with Crippen molar-refractivity contribution in [3.63, 3.8) is 0 Å². The zero-order valence-electron chi connectivity index (χ0n) is 6.40. The average Bonchev–Trinajstić information content (AvgIpc) is 2.49. The highest BCUT2D eigenvalue weighted by atomic mass is 16.2. The van der Waals surface area contributed by atoms with Gasteiger partial charge in [-0.25, -0.2) is 14.8 Å². The Hall–Kier alpha value is -1.65. The first-order valence-electron chi connectivity index (χ1n) is 3.61. The molecule has 0 spiro atoms. The standard InChI is InChI=1S/C7H8N4O/c8-7(12)11-2-1-5-6(3-11)10-4-9-5/h1,4H,2-3H2,(H2,8,12). The molecule has 0 bridgehead atoms. The van der Waals surface area contributed by atoms with Crippen LogP contribution in [0.3, 0.4) is 0 Å². The van der Waals surface area contributed by atoms with Crippen LogP contribution in [0.5, 0.6) is 0 Å². The van der Waals surface area contributed by atoms with E-state index in [0.717, 1.165) is 11.4 Å². The largest absolute Gasteiger partial charge is 0.351 e. The maximum Gasteiger partial charge on any atom is 0.315 e. The number of rotatable bonds is 0. The maximum atomic E-state index is 10.8. The van der Waals surface area contributed by atoms with Gasteiger partial charge < -0.3 is 10.6 Å². The molecular formula is C7H8N4O. The summed E-state index contributed by atoms with van der Waals surface area (Å²) in [4.78, 5) is 20.3. The molecule has 0 fully saturated rings. The number of hydrogen-bond acceptors (Lipinski definition) is 3. The molecule has 12 heavy (non-hydrogen) atoms. The summed E-state index contributed by atoms with van der Waals surface area (Å²) in [6.45, 7) is 1.00. The molecule has 2 N–H and O–H groups in total. The van der Waals surface area contributed by atoms with Crippen molar-refractivity contribution in [2.24, 2.45) is 15.7 Å². The van der Waals surface area contributed by atoms with Crippen LogP contribution in [0.2, 0.25) is 0 Å². The van der Waals surface area contributed by atoms with Crippen LogP contribution in [0.25, 0.3) is 0 Å². The monoisotopic (exact) mass is 164 g/mol. The maximum absolute atomic E-state index is 10.8. The van der Waals surface area contributed by atoms with Crippen molar-refractivity contribution in [3.8, 4) is 0 Å². The topological polar surface area (TPSA) is 71.1 Å². The summed E-state index contributed by atoms with van der Waals surface area (Å²) in [6.07, 6.45) is 3.34. The minimum atomic E-state index is -0.417. The van der Waals surface area contributed by atoms with Crippen LogP contribution in [0, 0.1) is 0 Å². The van der Waals surface area contributed by atoms with E-state index in [0.29, 0.717) is 13.1 Å². The molecule has 62 valence electrons. The number of urea groups is 1. The zero-order chi connectivity index (χ0) is 8.55. The minimum Gasteiger partial charge on any atom is -0.351 e. The molecule has 0 radical (unpaired) electrons. The van der Waals surface area contributed by atoms with E-state index in [9.17, 15) is 4.79 Å². The molecule has 0 aliphatic carbocycles. The molecule has 0 unspecified atom stereocenters. The molecule has 5 heteroatoms. The predicted molar refractivity (Wildman–Crippen MR) is 45.2 cm³/mol. The van der Waals surface area contributed by atoms with Crippen molar-refractivity contribution < 1.29 is 4.79 Å². The number of primary amides is 1. The Balaban J connectivity index is 2.21. The third kappa shape index (κ3) is 0.990. The van der Waals surface area contributed by atoms with Gasteiger partial charge in [0.25, 0.3) is 0 Å². The van der Waals surface area contributed by atoms with E-state index in [1.165, 1.54) is 11.2 Å². The molecule has 0 atom stereocenters. The Morgan fingerprint density at radius 1 is 1.67 bits per heavy atom. The van der Waals surface area contributed by atoms with Crippen LogP contribution < -0.4 is 5.73 Å². The average molecular weight is 164 g/mol. The lowest BCUT2D eigenvalue weighted by Crippen LogP contribution is -2.42. The fourth-order valence-electron chi connectivity index (χ4n) is 1.20. The lowest BCUT2D eigenvalue weighted by atomic mass is 10.2. The molecule has 2 heterocycles. The third-order valence-electron chi connectivity index (χ3n) is 1.86. The van der Waals surface area contributed by atoms with Gasteiger partial charge in [-0.3, -0.25) is 0 Å². The summed E-state index contributed by atoms with van der Waals surface area (Å²) in [5.41, 5.74) is 6.80. The van der Waals surface area contributed by atoms with Gasteiger partial charge in [0.05, 0.1) is 18.0 Å². The Morgan fingerprint density at radius 2 is 2.50 bits per heavy atom. The highest BCUT2D eigenvalue weighted by Gasteiger charge is 2.21. The first-order chi connectivity index (χ1) is 5.77. The summed E-state index contributed by atoms with van der Waals surface area (Å²) in [6, 6.07) is -0.417. The summed E-state index contributed by atoms with van der Waals surface area (Å²) in [5.74, 6) is 0. The van der Waals surface area contributed by atoms with E-state index >= 15 is 0 Å². The molecule has 0 aromatic heterocycles. The second kappa shape index (κ2) is 2.44. The van der Waals surface area contributed by atoms with Crippen molar-refractivity contribution >= 4 is 18.1 Å². The second-order valence-electron chi connectivity index (χ2n) is 2.63. The van der Waals surface area contributed by atoms with Crippen LogP contribution in [-0.4, -0.2) is 36.1 Å². The summed E-state index contributed by atoms with van der Waals surface area (Å²) in [7, 11) is 0. The summed E-state index contributed by atoms with van der Waals surface area (Å²) in [5, 5.41) is 0. The summed E-state index contributed by atoms with van der Waals surface area (Å²) < 4.78 is 0. The Kier molecular flexibility index (Phi) is 1.43. The lowest BCUT2D eigenvalue weighted by Gasteiger charge is -2.22. The zero-order valence-corrected chi connectivity index (χ0v) is 6.40. The van der Waals surface area contributed by atoms with Crippen molar-refractivity contribution in [2.45, 2.75) is 0 Å². The minimum absolute atomic E-state index is 0.417. The number of hydrogen-bond donors (Lipinski definition) is 1. The van der Waals surface area contributed by atoms with Gasteiger partial charge in [-0.05, 0) is 6.08 Å². The van der Waals surface area contributed by atoms with Gasteiger partial charge >= 0.3 is 6.03 Å². The van der Waals surface area contributed by atoms with Crippen LogP contribution >= 0.6 is 0 Å². The van der Waals surface area contributed by atoms with E-state index in [4.69, 9.17) is 5.73 Å². The van der Waals surface area contributed by atoms with Crippen LogP contribution in [0.15, 0.2) is 21.8 Å². The van der Waals surface area contributed by atoms with Crippen molar-refractivity contribution in [1.29, 1.82) is 0 Å². The Bertz CT molecular complexity index is 315. The molecule has 0 aromatic rings. The fraction of sp³-hybridized carbons (Fsp3) is 0.286. The number of amides is 2. The Labute approximate surface area is 69.3 Å². The number of aliphatic imine (C=N–C) groups is 2. The van der Waals surface area contributed by atoms with Crippen molar-refractivity contribution in [3.05, 3.63) is 11.8 Å². The lowest BCUT2D eigenvalue weighted by molar-refractivity contribution is 0.218. The number of carbonyl (C=O) groups is 1. The smallest absolute Gasteiger partial charge is 0.315 e. The molecule has 2 rings (SSSR count). The molecule has 2 amide bonds. The van der Waals surface area contributed by atoms with E-state index in [1.807, 2.05) is 6.08 Å². The normalized spacial score (nSPS) is 20.2. The van der Waals surface area contributed by atoms with E-state index in [2.05, 4.69) is 9.98 Å². The SMILES string of the molecule is NC(=O)N1CC=C2N=CN=C2C1. The van der Waals surface area contributed by atoms with Gasteiger partial charge in [0.2, 0.25) is 0 Å². The van der Waals surface area contributed by atoms with Crippen LogP contribution in [-0.2, 0) is 0 Å². The number of nitrogens with zero attached hydrogens (tertiary/aromatic N) is 3. The first kappa shape index (κ1) is 7.02. The van der Waals surface area contributed by atoms with Crippen molar-refractivity contribution in [1.82, 2.24) is 4.90 Å². The molecule has 5 nitrogen and oxygen atoms in total. The van der Waals surface area contributed by atoms with Gasteiger partial charge in [-0.15, -0.1) is 0 Å². The van der Waals surface area contributed by atoms with E-state index in [1.54, 1.807) is 0 Å². The van der Waals surface area contributed by atoms with Gasteiger partial charge in [-0.2, -0.15) is 0 Å². The highest BCUT2D eigenvalue weighted by Crippen LogP contribution is 2.12. The van der Waals surface area contributed by atoms with Crippen LogP contribution in [0.4, 0.5) is 4.79 Å². The van der Waals surface area contributed by atoms with Crippen LogP contribution in [0.1, 0.15) is 0 Å². The van der Waals surface area contributed by atoms with Gasteiger partial charge in [-0.1, -0.05) is 0 Å². The van der Waals surface area contributed by atoms with Gasteiger partial charge in [0, 0.05) is 6.54 Å². The Morgan fingerprint density at radius 3 is 3.25 bits per heavy atom. The second-order valence-corrected chi connectivity index (χ2v) is 2.63. The molecule has 2 aliphatic heterocycles. The highest BCUT2D eigenvalue weighted by molar-refractivity contribution is 6.10. The number of nitrogens with two attached hydrogens (primary N) is 1. The molecule has 2 aliphatic rings. The number of carbonyl (C=O) groups excluding carboxylic acids is 1. The van der Waals surface area contributed by atoms with Gasteiger partial charge in [0.15, 0.2) is 0 Å². The molecule has 0 saturated heterocycles. The first-order valence-corrected chi connectivity index (χ1v) is 3.61.